The van der Waals surface area contributed by atoms with Gasteiger partial charge in [-0.25, -0.2) is 0 Å². The molecular weight excluding hydrogens is 388 g/mol. The summed E-state index contributed by atoms with van der Waals surface area (Å²) in [6.45, 7) is 2.39. The Hall–Kier alpha value is -1.34. The maximum atomic E-state index is 2.55. The largest absolute Gasteiger partial charge is 0.124 e. The Morgan fingerprint density at radius 3 is 1.84 bits per heavy atom. The van der Waals surface area contributed by atoms with Crippen LogP contribution in [0.3, 0.4) is 0 Å². The molecule has 166 valence electrons. The Bertz CT molecular complexity index is 767. The molecule has 3 saturated carbocycles. The van der Waals surface area contributed by atoms with Gasteiger partial charge in [-0.3, -0.25) is 0 Å². The van der Waals surface area contributed by atoms with Gasteiger partial charge in [-0.1, -0.05) is 142 Å². The van der Waals surface area contributed by atoms with Gasteiger partial charge in [-0.2, -0.15) is 0 Å². The molecule has 3 aliphatic rings. The topological polar surface area (TPSA) is 0 Å². The molecule has 2 aromatic rings. The lowest BCUT2D eigenvalue weighted by Gasteiger charge is -2.47. The number of fused-ring (bicyclic) bond motifs is 1. The average molecular weight is 431 g/mol. The first-order valence-electron chi connectivity index (χ1n) is 13.5. The molecule has 0 radical (unpaired) electrons. The van der Waals surface area contributed by atoms with Crippen molar-refractivity contribution in [1.82, 2.24) is 0 Å². The Morgan fingerprint density at radius 1 is 0.710 bits per heavy atom. The van der Waals surface area contributed by atoms with Crippen LogP contribution < -0.4 is 10.4 Å². The average Bonchev–Trinajstić information content (AvgIpc) is 3.50. The fourth-order valence-corrected chi connectivity index (χ4v) is 15.8. The van der Waals surface area contributed by atoms with Crippen molar-refractivity contribution in [2.45, 2.75) is 95.1 Å². The van der Waals surface area contributed by atoms with Crippen LogP contribution in [0.5, 0.6) is 0 Å². The van der Waals surface area contributed by atoms with Crippen LogP contribution in [0.4, 0.5) is 0 Å². The normalized spacial score (nSPS) is 29.2. The third kappa shape index (κ3) is 3.86. The highest BCUT2D eigenvalue weighted by Gasteiger charge is 2.58. The molecule has 0 heterocycles. The van der Waals surface area contributed by atoms with Crippen LogP contribution in [0.25, 0.3) is 0 Å². The number of rotatable bonds is 7. The molecule has 4 atom stereocenters. The van der Waals surface area contributed by atoms with E-state index in [4.69, 9.17) is 0 Å². The van der Waals surface area contributed by atoms with Gasteiger partial charge in [0.1, 0.15) is 8.07 Å². The first kappa shape index (κ1) is 21.5. The summed E-state index contributed by atoms with van der Waals surface area (Å²) < 4.78 is 0. The Kier molecular flexibility index (Phi) is 6.69. The standard InChI is InChI=1S/C30H42Si/c1-2-3-14-24-23-30(29-22-13-12-21-28(24)29)31(27-19-10-11-20-27,25-15-6-4-7-16-25)26-17-8-5-9-18-26/h4-9,15-18,24,27-30H,2-3,10-14,19-23H2,1H3. The minimum absolute atomic E-state index is 0.940. The van der Waals surface area contributed by atoms with E-state index < -0.39 is 8.07 Å². The van der Waals surface area contributed by atoms with Crippen LogP contribution in [0.15, 0.2) is 60.7 Å². The minimum atomic E-state index is -1.87. The number of unbranched alkanes of at least 4 members (excludes halogenated alkanes) is 1. The highest BCUT2D eigenvalue weighted by atomic mass is 28.3. The predicted octanol–water partition coefficient (Wildman–Crippen LogP) is 7.58. The monoisotopic (exact) mass is 430 g/mol. The third-order valence-electron chi connectivity index (χ3n) is 9.57. The third-order valence-corrected chi connectivity index (χ3v) is 15.8. The van der Waals surface area contributed by atoms with Gasteiger partial charge >= 0.3 is 0 Å². The molecule has 0 spiro atoms. The highest BCUT2D eigenvalue weighted by Crippen LogP contribution is 2.60. The fraction of sp³-hybridized carbons (Fsp3) is 0.600. The predicted molar refractivity (Wildman–Crippen MR) is 137 cm³/mol. The molecule has 0 aliphatic heterocycles. The van der Waals surface area contributed by atoms with Crippen LogP contribution in [0.1, 0.15) is 84.0 Å². The van der Waals surface area contributed by atoms with Crippen LogP contribution in [-0.2, 0) is 0 Å². The van der Waals surface area contributed by atoms with E-state index in [9.17, 15) is 0 Å². The van der Waals surface area contributed by atoms with E-state index in [1.807, 2.05) is 0 Å². The van der Waals surface area contributed by atoms with E-state index in [2.05, 4.69) is 67.6 Å². The number of benzene rings is 2. The number of hydrogen-bond acceptors (Lipinski definition) is 0. The maximum Gasteiger partial charge on any atom is 0.124 e. The second kappa shape index (κ2) is 9.65. The number of hydrogen-bond donors (Lipinski definition) is 0. The molecule has 0 bridgehead atoms. The summed E-state index contributed by atoms with van der Waals surface area (Å²) in [7, 11) is -1.87. The molecular formula is C30H42Si. The molecule has 0 amide bonds. The summed E-state index contributed by atoms with van der Waals surface area (Å²) in [5, 5.41) is 3.53. The summed E-state index contributed by atoms with van der Waals surface area (Å²) in [5.41, 5.74) is 1.89. The molecule has 0 nitrogen and oxygen atoms in total. The molecule has 5 rings (SSSR count). The molecule has 1 heteroatoms. The second-order valence-electron chi connectivity index (χ2n) is 10.9. The van der Waals surface area contributed by atoms with Crippen LogP contribution in [0.2, 0.25) is 11.1 Å². The Labute approximate surface area is 191 Å². The van der Waals surface area contributed by atoms with Crippen molar-refractivity contribution in [3.05, 3.63) is 60.7 Å². The van der Waals surface area contributed by atoms with Gasteiger partial charge in [0.15, 0.2) is 0 Å². The van der Waals surface area contributed by atoms with Gasteiger partial charge in [-0.05, 0) is 41.7 Å². The lowest BCUT2D eigenvalue weighted by atomic mass is 9.77. The van der Waals surface area contributed by atoms with E-state index in [1.165, 1.54) is 77.0 Å². The summed E-state index contributed by atoms with van der Waals surface area (Å²) in [6.07, 6.45) is 17.7. The zero-order valence-corrected chi connectivity index (χ0v) is 20.6. The molecule has 3 fully saturated rings. The molecule has 0 aromatic heterocycles. The van der Waals surface area contributed by atoms with Gasteiger partial charge in [0.05, 0.1) is 0 Å². The van der Waals surface area contributed by atoms with Crippen molar-refractivity contribution in [2.75, 3.05) is 0 Å². The van der Waals surface area contributed by atoms with Crippen molar-refractivity contribution in [2.24, 2.45) is 17.8 Å². The van der Waals surface area contributed by atoms with Gasteiger partial charge in [0.2, 0.25) is 0 Å². The van der Waals surface area contributed by atoms with E-state index in [-0.39, 0.29) is 0 Å². The van der Waals surface area contributed by atoms with Crippen molar-refractivity contribution in [3.63, 3.8) is 0 Å². The van der Waals surface area contributed by atoms with Crippen molar-refractivity contribution in [3.8, 4) is 0 Å². The zero-order chi connectivity index (χ0) is 21.1. The summed E-state index contributed by atoms with van der Waals surface area (Å²) in [4.78, 5) is 0. The van der Waals surface area contributed by atoms with E-state index >= 15 is 0 Å². The van der Waals surface area contributed by atoms with Crippen LogP contribution >= 0.6 is 0 Å². The summed E-state index contributed by atoms with van der Waals surface area (Å²) in [6, 6.07) is 24.1. The molecule has 0 N–H and O–H groups in total. The SMILES string of the molecule is CCCCC1CC([Si](c2ccccc2)(c2ccccc2)C2CCCC2)C2CCCCC12. The zero-order valence-electron chi connectivity index (χ0n) is 19.6. The first-order chi connectivity index (χ1) is 15.4. The molecule has 31 heavy (non-hydrogen) atoms. The smallest absolute Gasteiger partial charge is 0.0654 e. The Morgan fingerprint density at radius 2 is 1.26 bits per heavy atom. The van der Waals surface area contributed by atoms with Gasteiger partial charge in [0, 0.05) is 0 Å². The van der Waals surface area contributed by atoms with Gasteiger partial charge in [-0.15, -0.1) is 0 Å². The summed E-state index contributed by atoms with van der Waals surface area (Å²) >= 11 is 0. The van der Waals surface area contributed by atoms with Gasteiger partial charge in [0.25, 0.3) is 0 Å². The molecule has 0 saturated heterocycles. The molecule has 4 unspecified atom stereocenters. The lowest BCUT2D eigenvalue weighted by Crippen LogP contribution is -2.65. The van der Waals surface area contributed by atoms with Crippen LogP contribution in [-0.4, -0.2) is 8.07 Å². The van der Waals surface area contributed by atoms with Crippen LogP contribution in [0, 0.1) is 17.8 Å². The maximum absolute atomic E-state index is 2.55. The lowest BCUT2D eigenvalue weighted by molar-refractivity contribution is 0.218. The molecule has 2 aromatic carbocycles. The molecule has 3 aliphatic carbocycles. The highest BCUT2D eigenvalue weighted by molar-refractivity contribution is 7.04. The first-order valence-corrected chi connectivity index (χ1v) is 15.6. The fourth-order valence-electron chi connectivity index (χ4n) is 8.45. The van der Waals surface area contributed by atoms with Crippen molar-refractivity contribution in [1.29, 1.82) is 0 Å². The Balaban J connectivity index is 1.66. The second-order valence-corrected chi connectivity index (χ2v) is 15.4. The summed E-state index contributed by atoms with van der Waals surface area (Å²) in [5.74, 6) is 3.00. The van der Waals surface area contributed by atoms with Gasteiger partial charge < -0.3 is 0 Å². The quantitative estimate of drug-likeness (QED) is 0.397. The van der Waals surface area contributed by atoms with E-state index in [0.29, 0.717) is 0 Å². The minimum Gasteiger partial charge on any atom is -0.0654 e. The van der Waals surface area contributed by atoms with Crippen molar-refractivity contribution >= 4 is 18.4 Å². The van der Waals surface area contributed by atoms with E-state index in [1.54, 1.807) is 10.4 Å². The van der Waals surface area contributed by atoms with Crippen molar-refractivity contribution < 1.29 is 0 Å². The van der Waals surface area contributed by atoms with E-state index in [0.717, 1.165) is 28.8 Å².